The van der Waals surface area contributed by atoms with E-state index < -0.39 is 12.0 Å². The SMILES string of the molecule is CCCCCCCCNc1cc(Cl)nc(C(F)(F)F)n1. The van der Waals surface area contributed by atoms with Crippen molar-refractivity contribution in [2.75, 3.05) is 11.9 Å². The van der Waals surface area contributed by atoms with Crippen LogP contribution >= 0.6 is 11.6 Å². The second-order valence-electron chi connectivity index (χ2n) is 4.59. The van der Waals surface area contributed by atoms with E-state index in [1.165, 1.54) is 25.3 Å². The molecule has 1 heterocycles. The van der Waals surface area contributed by atoms with Crippen molar-refractivity contribution >= 4 is 17.4 Å². The Hall–Kier alpha value is -1.04. The molecular weight excluding hydrogens is 291 g/mol. The smallest absolute Gasteiger partial charge is 0.370 e. The van der Waals surface area contributed by atoms with Crippen LogP contribution < -0.4 is 5.32 Å². The fourth-order valence-corrected chi connectivity index (χ4v) is 1.94. The van der Waals surface area contributed by atoms with E-state index >= 15 is 0 Å². The van der Waals surface area contributed by atoms with Crippen molar-refractivity contribution in [1.29, 1.82) is 0 Å². The Morgan fingerprint density at radius 1 is 1.10 bits per heavy atom. The van der Waals surface area contributed by atoms with E-state index in [1.807, 2.05) is 0 Å². The molecule has 1 rings (SSSR count). The number of anilines is 1. The fourth-order valence-electron chi connectivity index (χ4n) is 1.76. The van der Waals surface area contributed by atoms with Gasteiger partial charge in [-0.2, -0.15) is 13.2 Å². The summed E-state index contributed by atoms with van der Waals surface area (Å²) in [6, 6.07) is 1.30. The number of halogens is 4. The molecule has 1 N–H and O–H groups in total. The van der Waals surface area contributed by atoms with Crippen LogP contribution in [0.5, 0.6) is 0 Å². The minimum atomic E-state index is -4.58. The van der Waals surface area contributed by atoms with Gasteiger partial charge in [0.1, 0.15) is 11.0 Å². The van der Waals surface area contributed by atoms with E-state index in [4.69, 9.17) is 11.6 Å². The van der Waals surface area contributed by atoms with Crippen molar-refractivity contribution in [3.63, 3.8) is 0 Å². The Labute approximate surface area is 122 Å². The summed E-state index contributed by atoms with van der Waals surface area (Å²) in [6.07, 6.45) is 2.13. The highest BCUT2D eigenvalue weighted by Gasteiger charge is 2.35. The first kappa shape index (κ1) is 17.0. The molecule has 20 heavy (non-hydrogen) atoms. The number of hydrogen-bond donors (Lipinski definition) is 1. The molecule has 0 radical (unpaired) electrons. The van der Waals surface area contributed by atoms with Crippen LogP contribution in [0.25, 0.3) is 0 Å². The van der Waals surface area contributed by atoms with Gasteiger partial charge in [-0.25, -0.2) is 9.97 Å². The maximum atomic E-state index is 12.5. The van der Waals surface area contributed by atoms with E-state index in [9.17, 15) is 13.2 Å². The number of rotatable bonds is 8. The second-order valence-corrected chi connectivity index (χ2v) is 4.98. The Morgan fingerprint density at radius 2 is 1.75 bits per heavy atom. The van der Waals surface area contributed by atoms with Gasteiger partial charge in [0, 0.05) is 12.6 Å². The van der Waals surface area contributed by atoms with Gasteiger partial charge in [-0.1, -0.05) is 50.6 Å². The first-order chi connectivity index (χ1) is 9.43. The molecule has 0 saturated carbocycles. The minimum absolute atomic E-state index is 0.117. The zero-order valence-corrected chi connectivity index (χ0v) is 12.2. The van der Waals surface area contributed by atoms with Crippen LogP contribution in [0.1, 0.15) is 51.3 Å². The summed E-state index contributed by atoms with van der Waals surface area (Å²) >= 11 is 5.56. The van der Waals surface area contributed by atoms with Gasteiger partial charge in [-0.05, 0) is 6.42 Å². The van der Waals surface area contributed by atoms with Crippen LogP contribution in [-0.2, 0) is 6.18 Å². The average Bonchev–Trinajstić information content (AvgIpc) is 2.36. The molecule has 1 aromatic heterocycles. The minimum Gasteiger partial charge on any atom is -0.370 e. The third-order valence-electron chi connectivity index (χ3n) is 2.78. The van der Waals surface area contributed by atoms with Crippen molar-refractivity contribution in [2.45, 2.75) is 51.6 Å². The average molecular weight is 310 g/mol. The Morgan fingerprint density at radius 3 is 2.40 bits per heavy atom. The molecule has 0 fully saturated rings. The van der Waals surface area contributed by atoms with Gasteiger partial charge in [0.2, 0.25) is 5.82 Å². The number of alkyl halides is 3. The van der Waals surface area contributed by atoms with Crippen LogP contribution in [0.4, 0.5) is 19.0 Å². The van der Waals surface area contributed by atoms with Crippen LogP contribution in [0, 0.1) is 0 Å². The Kier molecular flexibility index (Phi) is 7.05. The highest BCUT2D eigenvalue weighted by Crippen LogP contribution is 2.28. The quantitative estimate of drug-likeness (QED) is 0.547. The number of hydrogen-bond acceptors (Lipinski definition) is 3. The lowest BCUT2D eigenvalue weighted by atomic mass is 10.1. The normalized spacial score (nSPS) is 11.7. The van der Waals surface area contributed by atoms with Gasteiger partial charge in [0.05, 0.1) is 0 Å². The van der Waals surface area contributed by atoms with Gasteiger partial charge < -0.3 is 5.32 Å². The molecule has 0 bridgehead atoms. The standard InChI is InChI=1S/C13H19ClF3N3/c1-2-3-4-5-6-7-8-18-11-9-10(14)19-12(20-11)13(15,16)17/h9H,2-8H2,1H3,(H,18,19,20). The zero-order valence-electron chi connectivity index (χ0n) is 11.4. The van der Waals surface area contributed by atoms with Crippen LogP contribution in [0.15, 0.2) is 6.07 Å². The lowest BCUT2D eigenvalue weighted by Gasteiger charge is -2.09. The van der Waals surface area contributed by atoms with Crippen molar-refractivity contribution < 1.29 is 13.2 Å². The highest BCUT2D eigenvalue weighted by atomic mass is 35.5. The number of nitrogens with zero attached hydrogens (tertiary/aromatic N) is 2. The largest absolute Gasteiger partial charge is 0.451 e. The van der Waals surface area contributed by atoms with Crippen LogP contribution in [0.3, 0.4) is 0 Å². The van der Waals surface area contributed by atoms with E-state index in [-0.39, 0.29) is 11.0 Å². The molecule has 0 aliphatic heterocycles. The molecule has 0 amide bonds. The van der Waals surface area contributed by atoms with Crippen molar-refractivity contribution in [2.24, 2.45) is 0 Å². The molecule has 0 spiro atoms. The number of unbranched alkanes of at least 4 members (excludes halogenated alkanes) is 5. The molecule has 0 saturated heterocycles. The van der Waals surface area contributed by atoms with Crippen molar-refractivity contribution in [3.05, 3.63) is 17.0 Å². The second kappa shape index (κ2) is 8.29. The van der Waals surface area contributed by atoms with Crippen LogP contribution in [0.2, 0.25) is 5.15 Å². The fraction of sp³-hybridized carbons (Fsp3) is 0.692. The molecule has 3 nitrogen and oxygen atoms in total. The summed E-state index contributed by atoms with van der Waals surface area (Å²) in [5.74, 6) is -1.10. The van der Waals surface area contributed by atoms with Gasteiger partial charge in [0.25, 0.3) is 0 Å². The van der Waals surface area contributed by atoms with Crippen molar-refractivity contribution in [1.82, 2.24) is 9.97 Å². The summed E-state index contributed by atoms with van der Waals surface area (Å²) in [5.41, 5.74) is 0. The summed E-state index contributed by atoms with van der Waals surface area (Å²) in [6.45, 7) is 2.73. The van der Waals surface area contributed by atoms with Gasteiger partial charge >= 0.3 is 6.18 Å². The molecule has 7 heteroatoms. The first-order valence-corrected chi connectivity index (χ1v) is 7.17. The molecule has 0 aromatic carbocycles. The monoisotopic (exact) mass is 309 g/mol. The Bertz CT molecular complexity index is 410. The summed E-state index contributed by atoms with van der Waals surface area (Å²) in [7, 11) is 0. The molecule has 114 valence electrons. The highest BCUT2D eigenvalue weighted by molar-refractivity contribution is 6.29. The number of nitrogens with one attached hydrogen (secondary N) is 1. The van der Waals surface area contributed by atoms with E-state index in [0.29, 0.717) is 6.54 Å². The molecule has 0 unspecified atom stereocenters. The van der Waals surface area contributed by atoms with Crippen molar-refractivity contribution in [3.8, 4) is 0 Å². The van der Waals surface area contributed by atoms with E-state index in [1.54, 1.807) is 0 Å². The van der Waals surface area contributed by atoms with Gasteiger partial charge in [0.15, 0.2) is 0 Å². The lowest BCUT2D eigenvalue weighted by molar-refractivity contribution is -0.144. The topological polar surface area (TPSA) is 37.8 Å². The summed E-state index contributed by atoms with van der Waals surface area (Å²) < 4.78 is 37.5. The third kappa shape index (κ3) is 6.41. The van der Waals surface area contributed by atoms with Gasteiger partial charge in [-0.15, -0.1) is 0 Å². The van der Waals surface area contributed by atoms with Crippen LogP contribution in [-0.4, -0.2) is 16.5 Å². The molecule has 1 aromatic rings. The molecular formula is C13H19ClF3N3. The lowest BCUT2D eigenvalue weighted by Crippen LogP contribution is -2.13. The molecule has 0 aliphatic rings. The Balaban J connectivity index is 2.39. The zero-order chi connectivity index (χ0) is 15.0. The molecule has 0 aliphatic carbocycles. The molecule has 0 atom stereocenters. The maximum absolute atomic E-state index is 12.5. The third-order valence-corrected chi connectivity index (χ3v) is 2.98. The summed E-state index contributed by atoms with van der Waals surface area (Å²) in [5, 5.41) is 2.64. The predicted molar refractivity (Wildman–Crippen MR) is 73.9 cm³/mol. The predicted octanol–water partition coefficient (Wildman–Crippen LogP) is 4.92. The first-order valence-electron chi connectivity index (χ1n) is 6.79. The van der Waals surface area contributed by atoms with Gasteiger partial charge in [-0.3, -0.25) is 0 Å². The maximum Gasteiger partial charge on any atom is 0.451 e. The summed E-state index contributed by atoms with van der Waals surface area (Å²) in [4.78, 5) is 6.59. The number of aromatic nitrogens is 2. The van der Waals surface area contributed by atoms with E-state index in [2.05, 4.69) is 22.2 Å². The van der Waals surface area contributed by atoms with E-state index in [0.717, 1.165) is 19.3 Å².